The number of esters is 1. The van der Waals surface area contributed by atoms with Crippen LogP contribution in [-0.4, -0.2) is 32.8 Å². The van der Waals surface area contributed by atoms with E-state index in [1.165, 1.54) is 0 Å². The highest BCUT2D eigenvalue weighted by molar-refractivity contribution is 5.75. The zero-order valence-electron chi connectivity index (χ0n) is 11.7. The first-order valence-corrected chi connectivity index (χ1v) is 6.69. The molecule has 0 bridgehead atoms. The van der Waals surface area contributed by atoms with E-state index in [1.54, 1.807) is 7.11 Å². The van der Waals surface area contributed by atoms with Crippen molar-refractivity contribution < 1.29 is 14.3 Å². The highest BCUT2D eigenvalue weighted by atomic mass is 16.5. The molecule has 19 heavy (non-hydrogen) atoms. The fraction of sp³-hybridized carbons (Fsp3) is 0.533. The maximum atomic E-state index is 12.0. The normalized spacial score (nSPS) is 22.3. The van der Waals surface area contributed by atoms with E-state index in [0.717, 1.165) is 23.4 Å². The van der Waals surface area contributed by atoms with Crippen LogP contribution in [0.15, 0.2) is 18.2 Å². The minimum absolute atomic E-state index is 0.120. The summed E-state index contributed by atoms with van der Waals surface area (Å²) in [5.41, 5.74) is 2.23. The molecule has 1 aromatic rings. The Kier molecular flexibility index (Phi) is 4.43. The van der Waals surface area contributed by atoms with Crippen molar-refractivity contribution in [2.75, 3.05) is 26.8 Å². The van der Waals surface area contributed by atoms with Crippen molar-refractivity contribution in [3.63, 3.8) is 0 Å². The van der Waals surface area contributed by atoms with E-state index in [9.17, 15) is 4.79 Å². The molecular formula is C15H21NO3. The Morgan fingerprint density at radius 3 is 2.89 bits per heavy atom. The average Bonchev–Trinajstić information content (AvgIpc) is 2.88. The van der Waals surface area contributed by atoms with Gasteiger partial charge in [-0.1, -0.05) is 12.1 Å². The summed E-state index contributed by atoms with van der Waals surface area (Å²) in [5.74, 6) is 0.717. The number of hydrogen-bond donors (Lipinski definition) is 1. The molecular weight excluding hydrogens is 242 g/mol. The standard InChI is InChI=1S/C15H21NO3/c1-4-19-15(17)13-9-16-8-12(13)11-6-5-10(2)7-14(11)18-3/h5-7,12-13,16H,4,8-9H2,1-3H3/t12-,13+/m0/s1. The number of methoxy groups -OCH3 is 1. The fourth-order valence-corrected chi connectivity index (χ4v) is 2.63. The zero-order valence-corrected chi connectivity index (χ0v) is 11.7. The molecule has 4 heteroatoms. The number of ether oxygens (including phenoxy) is 2. The highest BCUT2D eigenvalue weighted by Crippen LogP contribution is 2.35. The van der Waals surface area contributed by atoms with E-state index in [4.69, 9.17) is 9.47 Å². The Bertz CT molecular complexity index is 459. The second-order valence-corrected chi connectivity index (χ2v) is 4.87. The van der Waals surface area contributed by atoms with Crippen LogP contribution in [0.5, 0.6) is 5.75 Å². The van der Waals surface area contributed by atoms with Gasteiger partial charge < -0.3 is 14.8 Å². The number of nitrogens with one attached hydrogen (secondary N) is 1. The fourth-order valence-electron chi connectivity index (χ4n) is 2.63. The Morgan fingerprint density at radius 1 is 1.42 bits per heavy atom. The van der Waals surface area contributed by atoms with Crippen molar-refractivity contribution in [3.8, 4) is 5.75 Å². The summed E-state index contributed by atoms with van der Waals surface area (Å²) in [4.78, 5) is 12.0. The smallest absolute Gasteiger partial charge is 0.310 e. The molecule has 104 valence electrons. The number of hydrogen-bond acceptors (Lipinski definition) is 4. The largest absolute Gasteiger partial charge is 0.496 e. The van der Waals surface area contributed by atoms with E-state index < -0.39 is 0 Å². The van der Waals surface area contributed by atoms with E-state index in [-0.39, 0.29) is 17.8 Å². The molecule has 4 nitrogen and oxygen atoms in total. The van der Waals surface area contributed by atoms with Gasteiger partial charge in [0.1, 0.15) is 5.75 Å². The number of benzene rings is 1. The number of aryl methyl sites for hydroxylation is 1. The molecule has 0 radical (unpaired) electrons. The first kappa shape index (κ1) is 13.9. The van der Waals surface area contributed by atoms with Crippen LogP contribution >= 0.6 is 0 Å². The molecule has 1 aromatic carbocycles. The predicted octanol–water partition coefficient (Wildman–Crippen LogP) is 1.87. The molecule has 1 aliphatic heterocycles. The van der Waals surface area contributed by atoms with Crippen molar-refractivity contribution in [2.45, 2.75) is 19.8 Å². The van der Waals surface area contributed by atoms with Crippen molar-refractivity contribution in [1.82, 2.24) is 5.32 Å². The molecule has 0 spiro atoms. The third kappa shape index (κ3) is 2.89. The molecule has 0 aromatic heterocycles. The summed E-state index contributed by atoms with van der Waals surface area (Å²) in [6.07, 6.45) is 0. The Labute approximate surface area is 114 Å². The van der Waals surface area contributed by atoms with Crippen molar-refractivity contribution >= 4 is 5.97 Å². The van der Waals surface area contributed by atoms with Crippen LogP contribution in [-0.2, 0) is 9.53 Å². The lowest BCUT2D eigenvalue weighted by atomic mass is 9.88. The quantitative estimate of drug-likeness (QED) is 0.842. The van der Waals surface area contributed by atoms with Gasteiger partial charge in [0, 0.05) is 19.0 Å². The second kappa shape index (κ2) is 6.06. The number of carbonyl (C=O) groups excluding carboxylic acids is 1. The summed E-state index contributed by atoms with van der Waals surface area (Å²) >= 11 is 0. The molecule has 1 N–H and O–H groups in total. The van der Waals surface area contributed by atoms with Gasteiger partial charge in [-0.3, -0.25) is 4.79 Å². The lowest BCUT2D eigenvalue weighted by molar-refractivity contribution is -0.147. The third-order valence-corrected chi connectivity index (χ3v) is 3.59. The summed E-state index contributed by atoms with van der Waals surface area (Å²) < 4.78 is 10.6. The van der Waals surface area contributed by atoms with E-state index in [2.05, 4.69) is 17.4 Å². The van der Waals surface area contributed by atoms with Gasteiger partial charge in [0.15, 0.2) is 0 Å². The summed E-state index contributed by atoms with van der Waals surface area (Å²) in [6, 6.07) is 6.12. The van der Waals surface area contributed by atoms with Gasteiger partial charge >= 0.3 is 5.97 Å². The average molecular weight is 263 g/mol. The van der Waals surface area contributed by atoms with Gasteiger partial charge in [0.05, 0.1) is 19.6 Å². The number of rotatable bonds is 4. The van der Waals surface area contributed by atoms with Gasteiger partial charge in [-0.25, -0.2) is 0 Å². The van der Waals surface area contributed by atoms with Gasteiger partial charge in [-0.15, -0.1) is 0 Å². The van der Waals surface area contributed by atoms with Crippen LogP contribution in [0.1, 0.15) is 24.0 Å². The Morgan fingerprint density at radius 2 is 2.21 bits per heavy atom. The maximum absolute atomic E-state index is 12.0. The van der Waals surface area contributed by atoms with Gasteiger partial charge in [0.2, 0.25) is 0 Å². The molecule has 1 aliphatic rings. The molecule has 0 unspecified atom stereocenters. The molecule has 2 atom stereocenters. The highest BCUT2D eigenvalue weighted by Gasteiger charge is 2.36. The SMILES string of the molecule is CCOC(=O)[C@@H]1CNC[C@H]1c1ccc(C)cc1OC. The topological polar surface area (TPSA) is 47.6 Å². The first-order valence-electron chi connectivity index (χ1n) is 6.69. The van der Waals surface area contributed by atoms with E-state index >= 15 is 0 Å². The van der Waals surface area contributed by atoms with Crippen molar-refractivity contribution in [3.05, 3.63) is 29.3 Å². The summed E-state index contributed by atoms with van der Waals surface area (Å²) in [7, 11) is 1.67. The van der Waals surface area contributed by atoms with Crippen LogP contribution < -0.4 is 10.1 Å². The molecule has 0 amide bonds. The molecule has 1 fully saturated rings. The zero-order chi connectivity index (χ0) is 13.8. The van der Waals surface area contributed by atoms with E-state index in [1.807, 2.05) is 19.9 Å². The Balaban J connectivity index is 2.27. The predicted molar refractivity (Wildman–Crippen MR) is 73.5 cm³/mol. The maximum Gasteiger partial charge on any atom is 0.310 e. The monoisotopic (exact) mass is 263 g/mol. The molecule has 0 aliphatic carbocycles. The van der Waals surface area contributed by atoms with Crippen LogP contribution in [0.25, 0.3) is 0 Å². The summed E-state index contributed by atoms with van der Waals surface area (Å²) in [6.45, 7) is 5.74. The minimum Gasteiger partial charge on any atom is -0.496 e. The van der Waals surface area contributed by atoms with Crippen LogP contribution in [0.4, 0.5) is 0 Å². The third-order valence-electron chi connectivity index (χ3n) is 3.59. The van der Waals surface area contributed by atoms with Gasteiger partial charge in [0.25, 0.3) is 0 Å². The van der Waals surface area contributed by atoms with Gasteiger partial charge in [-0.05, 0) is 31.0 Å². The minimum atomic E-state index is -0.128. The van der Waals surface area contributed by atoms with Crippen LogP contribution in [0.2, 0.25) is 0 Å². The molecule has 2 rings (SSSR count). The van der Waals surface area contributed by atoms with Crippen LogP contribution in [0, 0.1) is 12.8 Å². The lowest BCUT2D eigenvalue weighted by Gasteiger charge is -2.20. The first-order chi connectivity index (χ1) is 9.17. The number of carbonyl (C=O) groups is 1. The molecule has 1 saturated heterocycles. The van der Waals surface area contributed by atoms with Crippen LogP contribution in [0.3, 0.4) is 0 Å². The van der Waals surface area contributed by atoms with Gasteiger partial charge in [-0.2, -0.15) is 0 Å². The van der Waals surface area contributed by atoms with Crippen molar-refractivity contribution in [2.24, 2.45) is 5.92 Å². The summed E-state index contributed by atoms with van der Waals surface area (Å²) in [5, 5.41) is 3.27. The molecule has 0 saturated carbocycles. The molecule has 1 heterocycles. The van der Waals surface area contributed by atoms with Crippen molar-refractivity contribution in [1.29, 1.82) is 0 Å². The Hall–Kier alpha value is -1.55. The lowest BCUT2D eigenvalue weighted by Crippen LogP contribution is -2.24. The van der Waals surface area contributed by atoms with E-state index in [0.29, 0.717) is 13.2 Å². The second-order valence-electron chi connectivity index (χ2n) is 4.87.